The Bertz CT molecular complexity index is 617. The maximum Gasteiger partial charge on any atom is 0.193 e. The van der Waals surface area contributed by atoms with E-state index in [1.165, 1.54) is 18.4 Å². The van der Waals surface area contributed by atoms with Crippen molar-refractivity contribution in [1.29, 1.82) is 0 Å². The Morgan fingerprint density at radius 3 is 2.65 bits per heavy atom. The second kappa shape index (κ2) is 15.0. The van der Waals surface area contributed by atoms with Crippen molar-refractivity contribution in [2.75, 3.05) is 53.0 Å². The molecule has 1 N–H and O–H groups in total. The molecule has 31 heavy (non-hydrogen) atoms. The van der Waals surface area contributed by atoms with Gasteiger partial charge in [-0.1, -0.05) is 30.3 Å². The quantitative estimate of drug-likeness (QED) is 0.292. The number of benzene rings is 1. The summed E-state index contributed by atoms with van der Waals surface area (Å²) in [5.41, 5.74) is 1.34. The molecule has 2 aliphatic rings. The fraction of sp³-hybridized carbons (Fsp3) is 0.708. The Kier molecular flexibility index (Phi) is 12.8. The molecule has 2 fully saturated rings. The third-order valence-corrected chi connectivity index (χ3v) is 5.91. The van der Waals surface area contributed by atoms with Crippen molar-refractivity contribution in [1.82, 2.24) is 15.1 Å². The van der Waals surface area contributed by atoms with Gasteiger partial charge in [0, 0.05) is 39.3 Å². The van der Waals surface area contributed by atoms with Crippen LogP contribution in [0.15, 0.2) is 35.3 Å². The maximum absolute atomic E-state index is 6.16. The summed E-state index contributed by atoms with van der Waals surface area (Å²) >= 11 is 0. The van der Waals surface area contributed by atoms with Crippen LogP contribution in [0.1, 0.15) is 44.6 Å². The second-order valence-electron chi connectivity index (χ2n) is 8.47. The third kappa shape index (κ3) is 9.63. The molecule has 176 valence electrons. The van der Waals surface area contributed by atoms with Gasteiger partial charge < -0.3 is 24.6 Å². The summed E-state index contributed by atoms with van der Waals surface area (Å²) in [5.74, 6) is 1.04. The minimum absolute atomic E-state index is 0. The molecule has 2 saturated heterocycles. The number of nitrogens with zero attached hydrogens (tertiary/aromatic N) is 3. The minimum Gasteiger partial charge on any atom is -0.376 e. The average Bonchev–Trinajstić information content (AvgIpc) is 2.79. The number of hydrogen-bond acceptors (Lipinski definition) is 4. The highest BCUT2D eigenvalue weighted by molar-refractivity contribution is 14.0. The summed E-state index contributed by atoms with van der Waals surface area (Å²) in [6.45, 7) is 9.41. The van der Waals surface area contributed by atoms with E-state index in [1.807, 2.05) is 0 Å². The zero-order valence-corrected chi connectivity index (χ0v) is 21.6. The molecule has 2 aliphatic heterocycles. The lowest BCUT2D eigenvalue weighted by atomic mass is 10.1. The van der Waals surface area contributed by atoms with E-state index in [-0.39, 0.29) is 24.0 Å². The van der Waals surface area contributed by atoms with Crippen LogP contribution in [0.25, 0.3) is 0 Å². The highest BCUT2D eigenvalue weighted by Gasteiger charge is 2.23. The van der Waals surface area contributed by atoms with Crippen molar-refractivity contribution in [3.63, 3.8) is 0 Å². The smallest absolute Gasteiger partial charge is 0.193 e. The maximum atomic E-state index is 6.16. The second-order valence-corrected chi connectivity index (χ2v) is 8.47. The Labute approximate surface area is 205 Å². The molecule has 0 bridgehead atoms. The highest BCUT2D eigenvalue weighted by Crippen LogP contribution is 2.18. The SMILES string of the molecule is CCNC(=NCCN(C)Cc1ccccc1)N1CCC(OCC2CCCCO2)CC1.I. The van der Waals surface area contributed by atoms with Crippen LogP contribution in [0.4, 0.5) is 0 Å². The molecule has 1 aromatic rings. The van der Waals surface area contributed by atoms with Crippen LogP contribution in [-0.4, -0.2) is 81.0 Å². The minimum atomic E-state index is 0. The van der Waals surface area contributed by atoms with Gasteiger partial charge in [0.1, 0.15) is 0 Å². The van der Waals surface area contributed by atoms with Gasteiger partial charge in [0.05, 0.1) is 25.4 Å². The van der Waals surface area contributed by atoms with Crippen molar-refractivity contribution >= 4 is 29.9 Å². The van der Waals surface area contributed by atoms with Crippen molar-refractivity contribution < 1.29 is 9.47 Å². The topological polar surface area (TPSA) is 49.3 Å². The Balaban J connectivity index is 0.00000341. The van der Waals surface area contributed by atoms with Gasteiger partial charge in [-0.05, 0) is 51.6 Å². The van der Waals surface area contributed by atoms with Gasteiger partial charge in [0.25, 0.3) is 0 Å². The van der Waals surface area contributed by atoms with E-state index in [1.54, 1.807) is 0 Å². The summed E-state index contributed by atoms with van der Waals surface area (Å²) in [6, 6.07) is 10.6. The summed E-state index contributed by atoms with van der Waals surface area (Å²) < 4.78 is 12.0. The molecule has 0 aliphatic carbocycles. The van der Waals surface area contributed by atoms with Crippen LogP contribution < -0.4 is 5.32 Å². The molecule has 1 unspecified atom stereocenters. The van der Waals surface area contributed by atoms with Crippen LogP contribution in [0, 0.1) is 0 Å². The van der Waals surface area contributed by atoms with E-state index >= 15 is 0 Å². The van der Waals surface area contributed by atoms with E-state index in [2.05, 4.69) is 59.4 Å². The number of nitrogens with one attached hydrogen (secondary N) is 1. The van der Waals surface area contributed by atoms with Gasteiger partial charge >= 0.3 is 0 Å². The summed E-state index contributed by atoms with van der Waals surface area (Å²) in [7, 11) is 2.16. The number of hydrogen-bond donors (Lipinski definition) is 1. The fourth-order valence-corrected chi connectivity index (χ4v) is 4.14. The molecule has 0 aromatic heterocycles. The van der Waals surface area contributed by atoms with E-state index in [9.17, 15) is 0 Å². The van der Waals surface area contributed by atoms with Crippen molar-refractivity contribution in [2.45, 2.75) is 57.8 Å². The zero-order chi connectivity index (χ0) is 21.0. The van der Waals surface area contributed by atoms with Gasteiger partial charge in [-0.3, -0.25) is 4.99 Å². The molecule has 7 heteroatoms. The van der Waals surface area contributed by atoms with E-state index in [4.69, 9.17) is 14.5 Å². The number of aliphatic imine (C=N–C) groups is 1. The first-order chi connectivity index (χ1) is 14.7. The van der Waals surface area contributed by atoms with Crippen LogP contribution in [0.3, 0.4) is 0 Å². The largest absolute Gasteiger partial charge is 0.376 e. The van der Waals surface area contributed by atoms with E-state index in [0.717, 1.165) is 77.7 Å². The highest BCUT2D eigenvalue weighted by atomic mass is 127. The number of ether oxygens (including phenoxy) is 2. The number of rotatable bonds is 9. The molecule has 0 spiro atoms. The summed E-state index contributed by atoms with van der Waals surface area (Å²) in [6.07, 6.45) is 6.40. The molecule has 3 rings (SSSR count). The monoisotopic (exact) mass is 544 g/mol. The first-order valence-corrected chi connectivity index (χ1v) is 11.7. The zero-order valence-electron chi connectivity index (χ0n) is 19.3. The van der Waals surface area contributed by atoms with Gasteiger partial charge in [-0.25, -0.2) is 0 Å². The fourth-order valence-electron chi connectivity index (χ4n) is 4.14. The predicted molar refractivity (Wildman–Crippen MR) is 138 cm³/mol. The van der Waals surface area contributed by atoms with Crippen LogP contribution >= 0.6 is 24.0 Å². The Morgan fingerprint density at radius 1 is 1.19 bits per heavy atom. The Morgan fingerprint density at radius 2 is 1.97 bits per heavy atom. The molecule has 6 nitrogen and oxygen atoms in total. The van der Waals surface area contributed by atoms with Crippen molar-refractivity contribution in [2.24, 2.45) is 4.99 Å². The van der Waals surface area contributed by atoms with Gasteiger partial charge in [0.2, 0.25) is 0 Å². The van der Waals surface area contributed by atoms with Gasteiger partial charge in [0.15, 0.2) is 5.96 Å². The first-order valence-electron chi connectivity index (χ1n) is 11.7. The lowest BCUT2D eigenvalue weighted by Gasteiger charge is -2.35. The molecule has 0 amide bonds. The standard InChI is InChI=1S/C24H40N4O2.HI/c1-3-25-24(26-14-17-27(2)19-21-9-5-4-6-10-21)28-15-12-22(13-16-28)30-20-23-11-7-8-18-29-23;/h4-6,9-10,22-23H,3,7-8,11-20H2,1-2H3,(H,25,26);1H. The average molecular weight is 545 g/mol. The predicted octanol–water partition coefficient (Wildman–Crippen LogP) is 3.75. The molecule has 0 radical (unpaired) electrons. The van der Waals surface area contributed by atoms with Crippen molar-refractivity contribution in [3.8, 4) is 0 Å². The lowest BCUT2D eigenvalue weighted by molar-refractivity contribution is -0.0721. The van der Waals surface area contributed by atoms with Crippen LogP contribution in [0.2, 0.25) is 0 Å². The van der Waals surface area contributed by atoms with Crippen LogP contribution in [-0.2, 0) is 16.0 Å². The summed E-state index contributed by atoms with van der Waals surface area (Å²) in [5, 5.41) is 3.47. The van der Waals surface area contributed by atoms with Crippen molar-refractivity contribution in [3.05, 3.63) is 35.9 Å². The van der Waals surface area contributed by atoms with E-state index < -0.39 is 0 Å². The molecule has 1 atom stereocenters. The molecule has 1 aromatic carbocycles. The lowest BCUT2D eigenvalue weighted by Crippen LogP contribution is -2.47. The third-order valence-electron chi connectivity index (χ3n) is 5.91. The molecule has 2 heterocycles. The first kappa shape index (κ1) is 26.4. The van der Waals surface area contributed by atoms with Crippen LogP contribution in [0.5, 0.6) is 0 Å². The molecule has 0 saturated carbocycles. The normalized spacial score (nSPS) is 20.5. The molecular formula is C24H41IN4O2. The number of piperidine rings is 1. The molecular weight excluding hydrogens is 503 g/mol. The number of likely N-dealkylation sites (tertiary alicyclic amines) is 1. The van der Waals surface area contributed by atoms with Gasteiger partial charge in [-0.15, -0.1) is 24.0 Å². The summed E-state index contributed by atoms with van der Waals surface area (Å²) in [4.78, 5) is 9.61. The number of guanidine groups is 1. The number of likely N-dealkylation sites (N-methyl/N-ethyl adjacent to an activating group) is 1. The van der Waals surface area contributed by atoms with Gasteiger partial charge in [-0.2, -0.15) is 0 Å². The Hall–Kier alpha value is -0.900. The number of halogens is 1. The van der Waals surface area contributed by atoms with E-state index in [0.29, 0.717) is 12.2 Å².